The Morgan fingerprint density at radius 1 is 0.850 bits per heavy atom. The van der Waals surface area contributed by atoms with Crippen LogP contribution in [-0.2, 0) is 12.8 Å². The van der Waals surface area contributed by atoms with Gasteiger partial charge in [-0.2, -0.15) is 0 Å². The van der Waals surface area contributed by atoms with E-state index in [4.69, 9.17) is 15.2 Å². The summed E-state index contributed by atoms with van der Waals surface area (Å²) in [5, 5.41) is 0. The van der Waals surface area contributed by atoms with E-state index in [0.29, 0.717) is 6.79 Å². The SMILES string of the molecule is NC(c1ccc2c(c1)CCC2)c1ccc2c(c1)OCO2. The third kappa shape index (κ3) is 1.86. The molecule has 0 bridgehead atoms. The van der Waals surface area contributed by atoms with Crippen LogP contribution in [-0.4, -0.2) is 6.79 Å². The van der Waals surface area contributed by atoms with Gasteiger partial charge < -0.3 is 15.2 Å². The minimum absolute atomic E-state index is 0.115. The van der Waals surface area contributed by atoms with Crippen LogP contribution in [0.15, 0.2) is 36.4 Å². The first-order valence-corrected chi connectivity index (χ1v) is 7.08. The highest BCUT2D eigenvalue weighted by Gasteiger charge is 2.18. The molecule has 20 heavy (non-hydrogen) atoms. The van der Waals surface area contributed by atoms with Crippen molar-refractivity contribution < 1.29 is 9.47 Å². The van der Waals surface area contributed by atoms with Gasteiger partial charge in [-0.1, -0.05) is 24.3 Å². The summed E-state index contributed by atoms with van der Waals surface area (Å²) in [6.45, 7) is 0.298. The molecular formula is C17H17NO2. The summed E-state index contributed by atoms with van der Waals surface area (Å²) in [5.41, 5.74) is 11.6. The van der Waals surface area contributed by atoms with Gasteiger partial charge in [0.15, 0.2) is 11.5 Å². The number of hydrogen-bond donors (Lipinski definition) is 1. The van der Waals surface area contributed by atoms with E-state index < -0.39 is 0 Å². The molecule has 0 aromatic heterocycles. The Morgan fingerprint density at radius 3 is 2.55 bits per heavy atom. The molecule has 0 saturated carbocycles. The van der Waals surface area contributed by atoms with Crippen molar-refractivity contribution >= 4 is 0 Å². The van der Waals surface area contributed by atoms with Crippen molar-refractivity contribution in [3.63, 3.8) is 0 Å². The summed E-state index contributed by atoms with van der Waals surface area (Å²) < 4.78 is 10.8. The minimum Gasteiger partial charge on any atom is -0.454 e. The summed E-state index contributed by atoms with van der Waals surface area (Å²) in [6, 6.07) is 12.5. The first-order valence-electron chi connectivity index (χ1n) is 7.08. The van der Waals surface area contributed by atoms with Gasteiger partial charge in [0, 0.05) is 0 Å². The Balaban J connectivity index is 1.68. The molecule has 0 amide bonds. The number of ether oxygens (including phenoxy) is 2. The smallest absolute Gasteiger partial charge is 0.231 e. The van der Waals surface area contributed by atoms with Gasteiger partial charge in [0.2, 0.25) is 6.79 Å². The fraction of sp³-hybridized carbons (Fsp3) is 0.294. The van der Waals surface area contributed by atoms with Crippen LogP contribution in [0.5, 0.6) is 11.5 Å². The first-order chi connectivity index (χ1) is 9.81. The second kappa shape index (κ2) is 4.53. The summed E-state index contributed by atoms with van der Waals surface area (Å²) in [7, 11) is 0. The van der Waals surface area contributed by atoms with Crippen LogP contribution in [0.4, 0.5) is 0 Å². The van der Waals surface area contributed by atoms with E-state index in [1.54, 1.807) is 0 Å². The molecule has 1 aliphatic carbocycles. The van der Waals surface area contributed by atoms with Crippen LogP contribution in [0.2, 0.25) is 0 Å². The Hall–Kier alpha value is -2.00. The minimum atomic E-state index is -0.115. The van der Waals surface area contributed by atoms with E-state index in [-0.39, 0.29) is 6.04 Å². The summed E-state index contributed by atoms with van der Waals surface area (Å²) >= 11 is 0. The maximum Gasteiger partial charge on any atom is 0.231 e. The second-order valence-electron chi connectivity index (χ2n) is 5.47. The molecule has 4 rings (SSSR count). The van der Waals surface area contributed by atoms with Crippen LogP contribution in [0, 0.1) is 0 Å². The number of rotatable bonds is 2. The maximum atomic E-state index is 6.41. The molecule has 0 saturated heterocycles. The van der Waals surface area contributed by atoms with Crippen molar-refractivity contribution in [2.24, 2.45) is 5.73 Å². The zero-order chi connectivity index (χ0) is 13.5. The third-order valence-corrected chi connectivity index (χ3v) is 4.24. The second-order valence-corrected chi connectivity index (χ2v) is 5.47. The molecule has 102 valence electrons. The molecule has 1 heterocycles. The molecule has 0 fully saturated rings. The van der Waals surface area contributed by atoms with Crippen LogP contribution in [0.3, 0.4) is 0 Å². The van der Waals surface area contributed by atoms with E-state index in [9.17, 15) is 0 Å². The van der Waals surface area contributed by atoms with Gasteiger partial charge >= 0.3 is 0 Å². The third-order valence-electron chi connectivity index (χ3n) is 4.24. The number of nitrogens with two attached hydrogens (primary N) is 1. The van der Waals surface area contributed by atoms with Crippen LogP contribution in [0.25, 0.3) is 0 Å². The van der Waals surface area contributed by atoms with E-state index in [1.807, 2.05) is 18.2 Å². The topological polar surface area (TPSA) is 44.5 Å². The molecule has 1 atom stereocenters. The van der Waals surface area contributed by atoms with E-state index in [1.165, 1.54) is 36.0 Å². The number of fused-ring (bicyclic) bond motifs is 2. The molecular weight excluding hydrogens is 250 g/mol. The molecule has 3 nitrogen and oxygen atoms in total. The highest BCUT2D eigenvalue weighted by molar-refractivity contribution is 5.48. The fourth-order valence-corrected chi connectivity index (χ4v) is 3.08. The molecule has 2 N–H and O–H groups in total. The lowest BCUT2D eigenvalue weighted by molar-refractivity contribution is 0.174. The van der Waals surface area contributed by atoms with Gasteiger partial charge in [0.05, 0.1) is 6.04 Å². The van der Waals surface area contributed by atoms with Crippen molar-refractivity contribution in [2.75, 3.05) is 6.79 Å². The molecule has 2 aliphatic rings. The van der Waals surface area contributed by atoms with Crippen molar-refractivity contribution in [1.29, 1.82) is 0 Å². The predicted octanol–water partition coefficient (Wildman–Crippen LogP) is 2.95. The van der Waals surface area contributed by atoms with Gasteiger partial charge in [0.25, 0.3) is 0 Å². The summed E-state index contributed by atoms with van der Waals surface area (Å²) in [4.78, 5) is 0. The monoisotopic (exact) mass is 267 g/mol. The predicted molar refractivity (Wildman–Crippen MR) is 77.1 cm³/mol. The van der Waals surface area contributed by atoms with Crippen molar-refractivity contribution in [3.8, 4) is 11.5 Å². The highest BCUT2D eigenvalue weighted by Crippen LogP contribution is 2.35. The Labute approximate surface area is 118 Å². The normalized spacial score (nSPS) is 17.1. The highest BCUT2D eigenvalue weighted by atomic mass is 16.7. The summed E-state index contributed by atoms with van der Waals surface area (Å²) in [5.74, 6) is 1.59. The largest absolute Gasteiger partial charge is 0.454 e. The van der Waals surface area contributed by atoms with E-state index in [2.05, 4.69) is 18.2 Å². The first kappa shape index (κ1) is 11.8. The molecule has 0 spiro atoms. The Bertz CT molecular complexity index is 609. The van der Waals surface area contributed by atoms with Crippen LogP contribution >= 0.6 is 0 Å². The van der Waals surface area contributed by atoms with E-state index >= 15 is 0 Å². The van der Waals surface area contributed by atoms with Gasteiger partial charge in [-0.25, -0.2) is 0 Å². The molecule has 3 heteroatoms. The zero-order valence-electron chi connectivity index (χ0n) is 11.3. The van der Waals surface area contributed by atoms with Gasteiger partial charge in [0.1, 0.15) is 0 Å². The Morgan fingerprint density at radius 2 is 1.60 bits per heavy atom. The number of aryl methyl sites for hydroxylation is 2. The zero-order valence-corrected chi connectivity index (χ0v) is 11.3. The number of hydrogen-bond acceptors (Lipinski definition) is 3. The van der Waals surface area contributed by atoms with E-state index in [0.717, 1.165) is 17.1 Å². The van der Waals surface area contributed by atoms with Crippen LogP contribution < -0.4 is 15.2 Å². The molecule has 2 aromatic rings. The van der Waals surface area contributed by atoms with Gasteiger partial charge in [-0.15, -0.1) is 0 Å². The number of benzene rings is 2. The Kier molecular flexibility index (Phi) is 2.67. The van der Waals surface area contributed by atoms with Gasteiger partial charge in [-0.05, 0) is 53.6 Å². The maximum absolute atomic E-state index is 6.41. The molecule has 1 unspecified atom stereocenters. The van der Waals surface area contributed by atoms with Crippen molar-refractivity contribution in [3.05, 3.63) is 58.7 Å². The lowest BCUT2D eigenvalue weighted by Crippen LogP contribution is -2.12. The summed E-state index contributed by atoms with van der Waals surface area (Å²) in [6.07, 6.45) is 3.64. The van der Waals surface area contributed by atoms with Crippen molar-refractivity contribution in [2.45, 2.75) is 25.3 Å². The average molecular weight is 267 g/mol. The van der Waals surface area contributed by atoms with Crippen LogP contribution in [0.1, 0.15) is 34.7 Å². The lowest BCUT2D eigenvalue weighted by Gasteiger charge is -2.14. The van der Waals surface area contributed by atoms with Gasteiger partial charge in [-0.3, -0.25) is 0 Å². The fourth-order valence-electron chi connectivity index (χ4n) is 3.08. The van der Waals surface area contributed by atoms with Crippen molar-refractivity contribution in [1.82, 2.24) is 0 Å². The average Bonchev–Trinajstić information content (AvgIpc) is 3.13. The standard InChI is InChI=1S/C17H17NO2/c18-17(13-5-4-11-2-1-3-12(11)8-13)14-6-7-15-16(9-14)20-10-19-15/h4-9,17H,1-3,10,18H2. The molecule has 2 aromatic carbocycles. The molecule has 0 radical (unpaired) electrons. The molecule has 1 aliphatic heterocycles. The lowest BCUT2D eigenvalue weighted by atomic mass is 9.96. The quantitative estimate of drug-likeness (QED) is 0.909.